The first-order chi connectivity index (χ1) is 9.22. The fourth-order valence-electron chi connectivity index (χ4n) is 5.14. The Labute approximate surface area is 113 Å². The summed E-state index contributed by atoms with van der Waals surface area (Å²) >= 11 is 0. The maximum Gasteiger partial charge on any atom is 0.257 e. The minimum Gasteiger partial charge on any atom is -0.474 e. The third kappa shape index (κ3) is 1.97. The van der Waals surface area contributed by atoms with E-state index in [0.717, 1.165) is 24.4 Å². The van der Waals surface area contributed by atoms with Gasteiger partial charge in [-0.1, -0.05) is 0 Å². The van der Waals surface area contributed by atoms with Crippen LogP contribution in [0.2, 0.25) is 0 Å². The molecule has 0 amide bonds. The average molecular weight is 259 g/mol. The highest BCUT2D eigenvalue weighted by atomic mass is 16.5. The van der Waals surface area contributed by atoms with Crippen LogP contribution in [0.1, 0.15) is 38.5 Å². The zero-order valence-corrected chi connectivity index (χ0v) is 11.2. The molecule has 0 saturated heterocycles. The van der Waals surface area contributed by atoms with Gasteiger partial charge < -0.3 is 10.5 Å². The van der Waals surface area contributed by atoms with E-state index in [1.165, 1.54) is 38.5 Å². The predicted octanol–water partition coefficient (Wildman–Crippen LogP) is 2.65. The molecule has 4 nitrogen and oxygen atoms in total. The Morgan fingerprint density at radius 2 is 1.63 bits per heavy atom. The number of nitrogens with two attached hydrogens (primary N) is 1. The molecule has 0 spiro atoms. The standard InChI is InChI=1S/C15H21N3O/c16-13-14(18-2-1-17-13)19-9-15-6-10-3-11(7-15)5-12(4-10)8-15/h1-2,10-12H,3-9H2,(H2,16,17). The van der Waals surface area contributed by atoms with E-state index in [0.29, 0.717) is 17.1 Å². The lowest BCUT2D eigenvalue weighted by atomic mass is 9.50. The molecule has 4 bridgehead atoms. The van der Waals surface area contributed by atoms with Crippen LogP contribution in [0, 0.1) is 23.2 Å². The van der Waals surface area contributed by atoms with Crippen molar-refractivity contribution in [1.82, 2.24) is 9.97 Å². The first kappa shape index (κ1) is 11.5. The van der Waals surface area contributed by atoms with E-state index in [9.17, 15) is 0 Å². The number of ether oxygens (including phenoxy) is 1. The molecule has 102 valence electrons. The van der Waals surface area contributed by atoms with Crippen molar-refractivity contribution >= 4 is 5.82 Å². The zero-order chi connectivity index (χ0) is 12.9. The summed E-state index contributed by atoms with van der Waals surface area (Å²) in [7, 11) is 0. The van der Waals surface area contributed by atoms with E-state index in [4.69, 9.17) is 10.5 Å². The normalized spacial score (nSPS) is 39.5. The van der Waals surface area contributed by atoms with Crippen LogP contribution in [0.4, 0.5) is 5.82 Å². The van der Waals surface area contributed by atoms with Crippen molar-refractivity contribution in [2.45, 2.75) is 38.5 Å². The fraction of sp³-hybridized carbons (Fsp3) is 0.733. The highest BCUT2D eigenvalue weighted by Crippen LogP contribution is 2.60. The van der Waals surface area contributed by atoms with E-state index in [2.05, 4.69) is 9.97 Å². The highest BCUT2D eigenvalue weighted by Gasteiger charge is 2.51. The van der Waals surface area contributed by atoms with E-state index < -0.39 is 0 Å². The van der Waals surface area contributed by atoms with Crippen molar-refractivity contribution in [2.75, 3.05) is 12.3 Å². The number of aromatic nitrogens is 2. The van der Waals surface area contributed by atoms with Gasteiger partial charge in [-0.25, -0.2) is 9.97 Å². The van der Waals surface area contributed by atoms with Crippen LogP contribution in [-0.4, -0.2) is 16.6 Å². The lowest BCUT2D eigenvalue weighted by Gasteiger charge is -2.56. The Kier molecular flexibility index (Phi) is 2.47. The second-order valence-corrected chi connectivity index (χ2v) is 6.95. The number of anilines is 1. The minimum absolute atomic E-state index is 0.401. The monoisotopic (exact) mass is 259 g/mol. The van der Waals surface area contributed by atoms with Crippen LogP contribution in [0.5, 0.6) is 5.88 Å². The van der Waals surface area contributed by atoms with Crippen LogP contribution >= 0.6 is 0 Å². The van der Waals surface area contributed by atoms with Crippen LogP contribution in [0.25, 0.3) is 0 Å². The largest absolute Gasteiger partial charge is 0.474 e. The van der Waals surface area contributed by atoms with Gasteiger partial charge in [-0.15, -0.1) is 0 Å². The molecule has 19 heavy (non-hydrogen) atoms. The van der Waals surface area contributed by atoms with Gasteiger partial charge in [0.05, 0.1) is 6.61 Å². The summed E-state index contributed by atoms with van der Waals surface area (Å²) in [5, 5.41) is 0. The van der Waals surface area contributed by atoms with Crippen LogP contribution in [0.15, 0.2) is 12.4 Å². The number of nitrogens with zero attached hydrogens (tertiary/aromatic N) is 2. The van der Waals surface area contributed by atoms with E-state index in [1.54, 1.807) is 12.4 Å². The van der Waals surface area contributed by atoms with Crippen LogP contribution in [0.3, 0.4) is 0 Å². The molecule has 0 atom stereocenters. The van der Waals surface area contributed by atoms with E-state index >= 15 is 0 Å². The van der Waals surface area contributed by atoms with Crippen molar-refractivity contribution in [1.29, 1.82) is 0 Å². The second kappa shape index (κ2) is 4.09. The first-order valence-corrected chi connectivity index (χ1v) is 7.42. The summed E-state index contributed by atoms with van der Waals surface area (Å²) in [6, 6.07) is 0. The van der Waals surface area contributed by atoms with Crippen molar-refractivity contribution in [3.05, 3.63) is 12.4 Å². The maximum atomic E-state index is 5.92. The number of hydrogen-bond acceptors (Lipinski definition) is 4. The van der Waals surface area contributed by atoms with Crippen molar-refractivity contribution in [3.8, 4) is 5.88 Å². The fourth-order valence-corrected chi connectivity index (χ4v) is 5.14. The molecular formula is C15H21N3O. The molecule has 0 radical (unpaired) electrons. The van der Waals surface area contributed by atoms with Crippen LogP contribution in [-0.2, 0) is 0 Å². The van der Waals surface area contributed by atoms with Gasteiger partial charge in [-0.3, -0.25) is 0 Å². The maximum absolute atomic E-state index is 5.92. The van der Waals surface area contributed by atoms with Gasteiger partial charge in [0, 0.05) is 17.8 Å². The SMILES string of the molecule is Nc1nccnc1OCC12CC3CC(CC(C3)C1)C2. The summed E-state index contributed by atoms with van der Waals surface area (Å²) in [4.78, 5) is 8.22. The number of rotatable bonds is 3. The van der Waals surface area contributed by atoms with Gasteiger partial charge in [0.25, 0.3) is 5.88 Å². The average Bonchev–Trinajstić information content (AvgIpc) is 2.36. The summed E-state index contributed by atoms with van der Waals surface area (Å²) < 4.78 is 5.92. The smallest absolute Gasteiger partial charge is 0.257 e. The molecule has 0 aromatic carbocycles. The predicted molar refractivity (Wildman–Crippen MR) is 72.5 cm³/mol. The highest BCUT2D eigenvalue weighted by molar-refractivity contribution is 5.38. The molecule has 0 aliphatic heterocycles. The molecule has 5 rings (SSSR count). The zero-order valence-electron chi connectivity index (χ0n) is 11.2. The Balaban J connectivity index is 1.49. The second-order valence-electron chi connectivity index (χ2n) is 6.95. The molecule has 1 heterocycles. The molecule has 4 aliphatic rings. The van der Waals surface area contributed by atoms with Gasteiger partial charge in [-0.2, -0.15) is 0 Å². The lowest BCUT2D eigenvalue weighted by molar-refractivity contribution is -0.0750. The van der Waals surface area contributed by atoms with Gasteiger partial charge in [0.1, 0.15) is 0 Å². The van der Waals surface area contributed by atoms with Gasteiger partial charge >= 0.3 is 0 Å². The quantitative estimate of drug-likeness (QED) is 0.906. The van der Waals surface area contributed by atoms with Gasteiger partial charge in [0.2, 0.25) is 0 Å². The number of nitrogen functional groups attached to an aromatic ring is 1. The Bertz CT molecular complexity index is 453. The van der Waals surface area contributed by atoms with E-state index in [1.807, 2.05) is 0 Å². The summed E-state index contributed by atoms with van der Waals surface area (Å²) in [5.74, 6) is 3.78. The molecule has 2 N–H and O–H groups in total. The Morgan fingerprint density at radius 1 is 1.05 bits per heavy atom. The molecule has 1 aromatic heterocycles. The summed E-state index contributed by atoms with van der Waals surface area (Å²) in [6.07, 6.45) is 11.7. The molecule has 4 heteroatoms. The first-order valence-electron chi connectivity index (χ1n) is 7.42. The number of hydrogen-bond donors (Lipinski definition) is 1. The van der Waals surface area contributed by atoms with Gasteiger partial charge in [-0.05, 0) is 56.3 Å². The van der Waals surface area contributed by atoms with Crippen molar-refractivity contribution < 1.29 is 4.74 Å². The third-order valence-electron chi connectivity index (χ3n) is 5.37. The molecule has 1 aromatic rings. The van der Waals surface area contributed by atoms with Crippen molar-refractivity contribution in [3.63, 3.8) is 0 Å². The summed E-state index contributed by atoms with van der Waals surface area (Å²) in [6.45, 7) is 0.777. The molecule has 4 fully saturated rings. The van der Waals surface area contributed by atoms with Gasteiger partial charge in [0.15, 0.2) is 5.82 Å². The molecule has 4 saturated carbocycles. The molecule has 4 aliphatic carbocycles. The van der Waals surface area contributed by atoms with E-state index in [-0.39, 0.29) is 0 Å². The summed E-state index contributed by atoms with van der Waals surface area (Å²) in [5.41, 5.74) is 6.20. The van der Waals surface area contributed by atoms with Crippen LogP contribution < -0.4 is 10.5 Å². The van der Waals surface area contributed by atoms with Crippen molar-refractivity contribution in [2.24, 2.45) is 23.2 Å². The Hall–Kier alpha value is -1.32. The molecule has 0 unspecified atom stereocenters. The third-order valence-corrected chi connectivity index (χ3v) is 5.37. The molecular weight excluding hydrogens is 238 g/mol. The Morgan fingerprint density at radius 3 is 2.21 bits per heavy atom. The minimum atomic E-state index is 0.401. The lowest BCUT2D eigenvalue weighted by Crippen LogP contribution is -2.48. The topological polar surface area (TPSA) is 61.0 Å².